The molecule has 2 amide bonds. The fourth-order valence-corrected chi connectivity index (χ4v) is 4.74. The molecule has 1 fully saturated rings. The lowest BCUT2D eigenvalue weighted by molar-refractivity contribution is 0.0590. The van der Waals surface area contributed by atoms with Crippen molar-refractivity contribution in [3.05, 3.63) is 64.2 Å². The minimum Gasteiger partial charge on any atom is -0.392 e. The topological polar surface area (TPSA) is 64.1 Å². The number of hydrogen-bond donors (Lipinski definition) is 1. The first-order valence-corrected chi connectivity index (χ1v) is 11.3. The fraction of sp³-hybridized carbons (Fsp3) is 0.417. The molecule has 0 bridgehead atoms. The summed E-state index contributed by atoms with van der Waals surface area (Å²) in [5.41, 5.74) is 3.13. The maximum absolute atomic E-state index is 12.5. The average Bonchev–Trinajstić information content (AvgIpc) is 3.03. The fourth-order valence-electron chi connectivity index (χ4n) is 4.36. The summed E-state index contributed by atoms with van der Waals surface area (Å²) in [6.07, 6.45) is 0.685. The molecule has 7 heteroatoms. The van der Waals surface area contributed by atoms with E-state index in [1.165, 1.54) is 4.90 Å². The number of halogens is 1. The van der Waals surface area contributed by atoms with E-state index in [1.807, 2.05) is 0 Å². The predicted octanol–water partition coefficient (Wildman–Crippen LogP) is 3.07. The van der Waals surface area contributed by atoms with E-state index in [-0.39, 0.29) is 18.4 Å². The van der Waals surface area contributed by atoms with Crippen LogP contribution in [0.1, 0.15) is 39.6 Å². The van der Waals surface area contributed by atoms with Crippen LogP contribution in [0, 0.1) is 0 Å². The Hall–Kier alpha value is -2.41. The van der Waals surface area contributed by atoms with E-state index in [4.69, 9.17) is 11.6 Å². The van der Waals surface area contributed by atoms with Gasteiger partial charge in [0.25, 0.3) is 11.8 Å². The molecule has 0 aliphatic carbocycles. The van der Waals surface area contributed by atoms with Crippen molar-refractivity contribution in [1.29, 1.82) is 0 Å². The third-order valence-electron chi connectivity index (χ3n) is 6.19. The van der Waals surface area contributed by atoms with Crippen molar-refractivity contribution in [3.8, 4) is 0 Å². The first kappa shape index (κ1) is 21.8. The number of aliphatic hydroxyl groups is 1. The molecule has 1 saturated heterocycles. The van der Waals surface area contributed by atoms with Crippen molar-refractivity contribution in [2.75, 3.05) is 44.2 Å². The Labute approximate surface area is 188 Å². The molecule has 4 rings (SSSR count). The van der Waals surface area contributed by atoms with Gasteiger partial charge in [0.2, 0.25) is 0 Å². The monoisotopic (exact) mass is 441 g/mol. The molecule has 2 aliphatic heterocycles. The van der Waals surface area contributed by atoms with Crippen LogP contribution in [0.5, 0.6) is 0 Å². The second kappa shape index (κ2) is 9.39. The molecule has 2 heterocycles. The third-order valence-corrected chi connectivity index (χ3v) is 6.62. The molecule has 164 valence electrons. The lowest BCUT2D eigenvalue weighted by Gasteiger charge is -2.37. The van der Waals surface area contributed by atoms with Gasteiger partial charge in [0.05, 0.1) is 27.9 Å². The van der Waals surface area contributed by atoms with Crippen LogP contribution in [-0.4, -0.2) is 72.1 Å². The highest BCUT2D eigenvalue weighted by Crippen LogP contribution is 2.30. The van der Waals surface area contributed by atoms with Gasteiger partial charge in [0, 0.05) is 39.3 Å². The molecule has 2 aromatic rings. The lowest BCUT2D eigenvalue weighted by Crippen LogP contribution is -2.49. The molecule has 0 saturated carbocycles. The van der Waals surface area contributed by atoms with Crippen molar-refractivity contribution < 1.29 is 14.7 Å². The predicted molar refractivity (Wildman–Crippen MR) is 122 cm³/mol. The maximum Gasteiger partial charge on any atom is 0.261 e. The number of nitrogens with zero attached hydrogens (tertiary/aromatic N) is 3. The van der Waals surface area contributed by atoms with Gasteiger partial charge in [-0.25, -0.2) is 0 Å². The lowest BCUT2D eigenvalue weighted by atomic mass is 10.1. The number of fused-ring (bicyclic) bond motifs is 1. The highest BCUT2D eigenvalue weighted by atomic mass is 35.5. The summed E-state index contributed by atoms with van der Waals surface area (Å²) in [6, 6.07) is 13.0. The van der Waals surface area contributed by atoms with Crippen LogP contribution < -0.4 is 4.90 Å². The first-order valence-electron chi connectivity index (χ1n) is 10.9. The summed E-state index contributed by atoms with van der Waals surface area (Å²) in [7, 11) is 0. The van der Waals surface area contributed by atoms with Gasteiger partial charge in [-0.2, -0.15) is 0 Å². The van der Waals surface area contributed by atoms with Crippen molar-refractivity contribution in [2.24, 2.45) is 0 Å². The molecule has 0 radical (unpaired) electrons. The van der Waals surface area contributed by atoms with Crippen LogP contribution in [0.15, 0.2) is 42.5 Å². The number of rotatable bonds is 7. The van der Waals surface area contributed by atoms with E-state index in [0.29, 0.717) is 24.1 Å². The summed E-state index contributed by atoms with van der Waals surface area (Å²) >= 11 is 6.57. The van der Waals surface area contributed by atoms with Crippen molar-refractivity contribution >= 4 is 29.1 Å². The number of hydrogen-bond acceptors (Lipinski definition) is 5. The minimum atomic E-state index is -0.595. The zero-order chi connectivity index (χ0) is 22.0. The van der Waals surface area contributed by atoms with E-state index in [0.717, 1.165) is 48.9 Å². The molecule has 31 heavy (non-hydrogen) atoms. The number of imide groups is 1. The Kier molecular flexibility index (Phi) is 6.60. The summed E-state index contributed by atoms with van der Waals surface area (Å²) in [6.45, 7) is 6.21. The van der Waals surface area contributed by atoms with Crippen LogP contribution in [0.3, 0.4) is 0 Å². The van der Waals surface area contributed by atoms with Crippen molar-refractivity contribution in [2.45, 2.75) is 25.9 Å². The average molecular weight is 442 g/mol. The quantitative estimate of drug-likeness (QED) is 0.669. The number of anilines is 1. The van der Waals surface area contributed by atoms with E-state index in [2.05, 4.69) is 34.9 Å². The van der Waals surface area contributed by atoms with Gasteiger partial charge in [-0.15, -0.1) is 0 Å². The Morgan fingerprint density at radius 1 is 0.968 bits per heavy atom. The van der Waals surface area contributed by atoms with Crippen LogP contribution >= 0.6 is 11.6 Å². The summed E-state index contributed by atoms with van der Waals surface area (Å²) in [4.78, 5) is 30.7. The minimum absolute atomic E-state index is 0.229. The molecule has 6 nitrogen and oxygen atoms in total. The number of aryl methyl sites for hydroxylation is 1. The van der Waals surface area contributed by atoms with Crippen molar-refractivity contribution in [1.82, 2.24) is 9.80 Å². The standard InChI is InChI=1S/C24H28ClN3O3/c1-2-17-6-5-9-21(22(17)25)27-14-12-26(13-15-27)16-18(29)10-11-28-23(30)19-7-3-4-8-20(19)24(28)31/h3-9,18,29H,2,10-16H2,1H3/t18-/m1/s1. The first-order chi connectivity index (χ1) is 15.0. The molecular formula is C24H28ClN3O3. The summed E-state index contributed by atoms with van der Waals surface area (Å²) < 4.78 is 0. The highest BCUT2D eigenvalue weighted by molar-refractivity contribution is 6.34. The molecule has 2 aliphatic rings. The van der Waals surface area contributed by atoms with E-state index in [1.54, 1.807) is 24.3 Å². The van der Waals surface area contributed by atoms with Gasteiger partial charge < -0.3 is 10.0 Å². The zero-order valence-corrected chi connectivity index (χ0v) is 18.5. The van der Waals surface area contributed by atoms with E-state index < -0.39 is 6.10 Å². The molecule has 2 aromatic carbocycles. The molecule has 0 unspecified atom stereocenters. The summed E-state index contributed by atoms with van der Waals surface area (Å²) in [5.74, 6) is -0.541. The molecule has 0 aromatic heterocycles. The number of benzene rings is 2. The molecular weight excluding hydrogens is 414 g/mol. The smallest absolute Gasteiger partial charge is 0.261 e. The van der Waals surface area contributed by atoms with E-state index >= 15 is 0 Å². The molecule has 0 spiro atoms. The van der Waals surface area contributed by atoms with Gasteiger partial charge in [0.1, 0.15) is 0 Å². The van der Waals surface area contributed by atoms with Crippen LogP contribution in [0.25, 0.3) is 0 Å². The number of β-amino-alcohol motifs (C(OH)–C–C–N with tert-alkyl or cyclic N) is 1. The van der Waals surface area contributed by atoms with Gasteiger partial charge in [-0.1, -0.05) is 42.8 Å². The van der Waals surface area contributed by atoms with Crippen LogP contribution in [0.4, 0.5) is 5.69 Å². The van der Waals surface area contributed by atoms with Crippen molar-refractivity contribution in [3.63, 3.8) is 0 Å². The molecule has 1 N–H and O–H groups in total. The van der Waals surface area contributed by atoms with Crippen LogP contribution in [0.2, 0.25) is 5.02 Å². The van der Waals surface area contributed by atoms with Gasteiger partial charge >= 0.3 is 0 Å². The largest absolute Gasteiger partial charge is 0.392 e. The normalized spacial score (nSPS) is 17.9. The number of amides is 2. The summed E-state index contributed by atoms with van der Waals surface area (Å²) in [5, 5.41) is 11.4. The Bertz CT molecular complexity index is 937. The maximum atomic E-state index is 12.5. The second-order valence-electron chi connectivity index (χ2n) is 8.14. The Morgan fingerprint density at radius 3 is 2.23 bits per heavy atom. The van der Waals surface area contributed by atoms with E-state index in [9.17, 15) is 14.7 Å². The Balaban J connectivity index is 1.26. The number of carbonyl (C=O) groups excluding carboxylic acids is 2. The number of piperazine rings is 1. The SMILES string of the molecule is CCc1cccc(N2CCN(C[C@H](O)CCN3C(=O)c4ccccc4C3=O)CC2)c1Cl. The van der Waals surface area contributed by atoms with Gasteiger partial charge in [0.15, 0.2) is 0 Å². The van der Waals surface area contributed by atoms with Gasteiger partial charge in [-0.05, 0) is 36.6 Å². The number of carbonyl (C=O) groups is 2. The zero-order valence-electron chi connectivity index (χ0n) is 17.8. The number of aliphatic hydroxyl groups excluding tert-OH is 1. The third kappa shape index (κ3) is 4.47. The molecule has 1 atom stereocenters. The highest BCUT2D eigenvalue weighted by Gasteiger charge is 2.35. The van der Waals surface area contributed by atoms with Gasteiger partial charge in [-0.3, -0.25) is 19.4 Å². The second-order valence-corrected chi connectivity index (χ2v) is 8.52. The Morgan fingerprint density at radius 2 is 1.61 bits per heavy atom. The van der Waals surface area contributed by atoms with Crippen LogP contribution in [-0.2, 0) is 6.42 Å².